The molecule has 0 aliphatic carbocycles. The maximum atomic E-state index is 12.3. The summed E-state index contributed by atoms with van der Waals surface area (Å²) >= 11 is 0. The van der Waals surface area contributed by atoms with E-state index in [1.807, 2.05) is 0 Å². The molecule has 1 heterocycles. The molecular formula is C18H31N3O6. The van der Waals surface area contributed by atoms with Crippen LogP contribution in [-0.2, 0) is 19.1 Å². The van der Waals surface area contributed by atoms with E-state index in [2.05, 4.69) is 10.6 Å². The Balaban J connectivity index is 2.86. The number of hydrogen-bond donors (Lipinski definition) is 3. The number of carboxylic acids is 1. The Morgan fingerprint density at radius 1 is 1.15 bits per heavy atom. The molecule has 1 unspecified atom stereocenters. The molecule has 0 saturated carbocycles. The van der Waals surface area contributed by atoms with Gasteiger partial charge in [0.25, 0.3) is 0 Å². The molecule has 0 bridgehead atoms. The maximum Gasteiger partial charge on any atom is 0.353 e. The number of nitrogens with zero attached hydrogens (tertiary/aromatic N) is 1. The molecule has 9 heteroatoms. The van der Waals surface area contributed by atoms with Gasteiger partial charge in [0, 0.05) is 18.8 Å². The number of allylic oxidation sites excluding steroid dienone is 1. The fourth-order valence-corrected chi connectivity index (χ4v) is 2.59. The molecule has 0 spiro atoms. The highest BCUT2D eigenvalue weighted by atomic mass is 16.6. The van der Waals surface area contributed by atoms with Crippen LogP contribution < -0.4 is 10.6 Å². The van der Waals surface area contributed by atoms with Crippen LogP contribution in [0, 0.1) is 5.92 Å². The van der Waals surface area contributed by atoms with Crippen LogP contribution in [-0.4, -0.2) is 65.9 Å². The van der Waals surface area contributed by atoms with Gasteiger partial charge < -0.3 is 30.1 Å². The number of hydrogen-bond acceptors (Lipinski definition) is 6. The Kier molecular flexibility index (Phi) is 8.08. The van der Waals surface area contributed by atoms with Gasteiger partial charge in [0.15, 0.2) is 0 Å². The van der Waals surface area contributed by atoms with Crippen molar-refractivity contribution in [3.8, 4) is 0 Å². The van der Waals surface area contributed by atoms with E-state index in [9.17, 15) is 19.5 Å². The van der Waals surface area contributed by atoms with Crippen LogP contribution in [0.5, 0.6) is 0 Å². The molecule has 1 aliphatic rings. The topological polar surface area (TPSA) is 117 Å². The molecule has 2 amide bonds. The minimum atomic E-state index is -1.14. The highest BCUT2D eigenvalue weighted by Crippen LogP contribution is 2.14. The summed E-state index contributed by atoms with van der Waals surface area (Å²) in [6, 6.07) is -1.52. The van der Waals surface area contributed by atoms with Gasteiger partial charge in [-0.05, 0) is 33.6 Å². The lowest BCUT2D eigenvalue weighted by Crippen LogP contribution is -2.50. The minimum Gasteiger partial charge on any atom is -0.477 e. The van der Waals surface area contributed by atoms with Crippen molar-refractivity contribution in [3.05, 3.63) is 11.4 Å². The Labute approximate surface area is 160 Å². The molecule has 0 aromatic heterocycles. The van der Waals surface area contributed by atoms with Crippen LogP contribution in [0.15, 0.2) is 11.4 Å². The van der Waals surface area contributed by atoms with Crippen molar-refractivity contribution in [1.82, 2.24) is 15.5 Å². The fraction of sp³-hybridized carbons (Fsp3) is 0.722. The molecule has 154 valence electrons. The number of carboxylic acid groups (broad SMARTS) is 1. The number of morpholine rings is 1. The summed E-state index contributed by atoms with van der Waals surface area (Å²) in [5.41, 5.74) is -0.481. The van der Waals surface area contributed by atoms with Gasteiger partial charge in [-0.3, -0.25) is 0 Å². The highest BCUT2D eigenvalue weighted by Gasteiger charge is 2.30. The first kappa shape index (κ1) is 22.8. The number of ether oxygens (including phenoxy) is 2. The van der Waals surface area contributed by atoms with E-state index in [1.165, 1.54) is 6.92 Å². The summed E-state index contributed by atoms with van der Waals surface area (Å²) in [5, 5.41) is 14.6. The van der Waals surface area contributed by atoms with E-state index in [1.54, 1.807) is 39.5 Å². The zero-order valence-corrected chi connectivity index (χ0v) is 16.9. The lowest BCUT2D eigenvalue weighted by Gasteiger charge is -2.30. The Morgan fingerprint density at radius 2 is 1.70 bits per heavy atom. The largest absolute Gasteiger partial charge is 0.477 e. The molecule has 1 aliphatic heterocycles. The second-order valence-corrected chi connectivity index (χ2v) is 7.73. The Morgan fingerprint density at radius 3 is 2.15 bits per heavy atom. The number of urea groups is 1. The van der Waals surface area contributed by atoms with E-state index < -0.39 is 29.6 Å². The predicted octanol–water partition coefficient (Wildman–Crippen LogP) is 1.30. The van der Waals surface area contributed by atoms with Crippen LogP contribution in [0.25, 0.3) is 0 Å². The second-order valence-electron chi connectivity index (χ2n) is 7.73. The number of carbonyl (C=O) groups excluding carboxylic acids is 2. The van der Waals surface area contributed by atoms with E-state index in [4.69, 9.17) is 9.47 Å². The maximum absolute atomic E-state index is 12.3. The molecule has 3 N–H and O–H groups in total. The molecule has 1 saturated heterocycles. The smallest absolute Gasteiger partial charge is 0.353 e. The van der Waals surface area contributed by atoms with E-state index in [0.717, 1.165) is 0 Å². The van der Waals surface area contributed by atoms with Crippen LogP contribution in [0.3, 0.4) is 0 Å². The molecule has 1 atom stereocenters. The normalized spacial score (nSPS) is 17.1. The lowest BCUT2D eigenvalue weighted by atomic mass is 10.0. The molecular weight excluding hydrogens is 354 g/mol. The number of rotatable bonds is 6. The van der Waals surface area contributed by atoms with Gasteiger partial charge in [-0.15, -0.1) is 0 Å². The van der Waals surface area contributed by atoms with E-state index in [0.29, 0.717) is 26.3 Å². The van der Waals surface area contributed by atoms with Gasteiger partial charge in [0.2, 0.25) is 0 Å². The second kappa shape index (κ2) is 9.59. The van der Waals surface area contributed by atoms with Crippen LogP contribution in [0.2, 0.25) is 0 Å². The number of aliphatic carboxylic acids is 1. The molecule has 9 nitrogen and oxygen atoms in total. The quantitative estimate of drug-likeness (QED) is 0.466. The lowest BCUT2D eigenvalue weighted by molar-refractivity contribution is -0.158. The van der Waals surface area contributed by atoms with E-state index >= 15 is 0 Å². The van der Waals surface area contributed by atoms with Crippen LogP contribution in [0.1, 0.15) is 41.5 Å². The molecule has 27 heavy (non-hydrogen) atoms. The fourth-order valence-electron chi connectivity index (χ4n) is 2.59. The third kappa shape index (κ3) is 7.46. The molecule has 0 radical (unpaired) electrons. The summed E-state index contributed by atoms with van der Waals surface area (Å²) < 4.78 is 10.6. The monoisotopic (exact) mass is 385 g/mol. The first-order valence-corrected chi connectivity index (χ1v) is 8.99. The van der Waals surface area contributed by atoms with Gasteiger partial charge >= 0.3 is 18.0 Å². The first-order chi connectivity index (χ1) is 12.4. The Bertz CT molecular complexity index is 588. The zero-order valence-electron chi connectivity index (χ0n) is 16.9. The van der Waals surface area contributed by atoms with Crippen molar-refractivity contribution in [3.63, 3.8) is 0 Å². The van der Waals surface area contributed by atoms with Gasteiger partial charge in [-0.1, -0.05) is 13.8 Å². The first-order valence-electron chi connectivity index (χ1n) is 8.99. The Hall–Kier alpha value is -2.29. The van der Waals surface area contributed by atoms with Crippen molar-refractivity contribution in [2.24, 2.45) is 5.92 Å². The number of amides is 2. The van der Waals surface area contributed by atoms with Crippen molar-refractivity contribution in [2.75, 3.05) is 26.3 Å². The third-order valence-electron chi connectivity index (χ3n) is 3.80. The third-order valence-corrected chi connectivity index (χ3v) is 3.80. The summed E-state index contributed by atoms with van der Waals surface area (Å²) in [6.07, 6.45) is 0. The number of esters is 1. The van der Waals surface area contributed by atoms with Gasteiger partial charge in [-0.2, -0.15) is 0 Å². The minimum absolute atomic E-state index is 0.00631. The summed E-state index contributed by atoms with van der Waals surface area (Å²) in [7, 11) is 0. The SMILES string of the molecule is CC(NC(=O)NC(C(=O)OC(C)(C)C)C(C)C)=C(C(=O)O)N1CCOCC1. The van der Waals surface area contributed by atoms with Gasteiger partial charge in [0.05, 0.1) is 13.2 Å². The van der Waals surface area contributed by atoms with Crippen molar-refractivity contribution < 1.29 is 29.0 Å². The average Bonchev–Trinajstić information content (AvgIpc) is 2.51. The van der Waals surface area contributed by atoms with Crippen molar-refractivity contribution >= 4 is 18.0 Å². The summed E-state index contributed by atoms with van der Waals surface area (Å²) in [6.45, 7) is 12.0. The molecule has 0 aromatic carbocycles. The standard InChI is InChI=1S/C18H31N3O6/c1-11(2)13(16(24)27-18(4,5)6)20-17(25)19-12(3)14(15(22)23)21-7-9-26-10-8-21/h11,13H,7-10H2,1-6H3,(H,22,23)(H2,19,20,25). The van der Waals surface area contributed by atoms with Crippen LogP contribution in [0.4, 0.5) is 4.79 Å². The zero-order chi connectivity index (χ0) is 20.8. The van der Waals surface area contributed by atoms with Gasteiger partial charge in [-0.25, -0.2) is 14.4 Å². The summed E-state index contributed by atoms with van der Waals surface area (Å²) in [5.74, 6) is -1.88. The molecule has 0 aromatic rings. The summed E-state index contributed by atoms with van der Waals surface area (Å²) in [4.78, 5) is 37.9. The number of nitrogens with one attached hydrogen (secondary N) is 2. The van der Waals surface area contributed by atoms with Crippen molar-refractivity contribution in [2.45, 2.75) is 53.2 Å². The van der Waals surface area contributed by atoms with Gasteiger partial charge in [0.1, 0.15) is 17.3 Å². The average molecular weight is 385 g/mol. The number of carbonyl (C=O) groups is 3. The molecule has 1 fully saturated rings. The van der Waals surface area contributed by atoms with Crippen LogP contribution >= 0.6 is 0 Å². The molecule has 1 rings (SSSR count). The van der Waals surface area contributed by atoms with E-state index in [-0.39, 0.29) is 17.3 Å². The highest BCUT2D eigenvalue weighted by molar-refractivity contribution is 5.89. The predicted molar refractivity (Wildman–Crippen MR) is 98.9 cm³/mol. The van der Waals surface area contributed by atoms with Crippen molar-refractivity contribution in [1.29, 1.82) is 0 Å².